The molecule has 2 fully saturated rings. The summed E-state index contributed by atoms with van der Waals surface area (Å²) in [5, 5.41) is 3.34. The van der Waals surface area contributed by atoms with Crippen molar-refractivity contribution in [3.63, 3.8) is 0 Å². The van der Waals surface area contributed by atoms with Gasteiger partial charge in [-0.1, -0.05) is 12.2 Å². The maximum Gasteiger partial charge on any atom is 0.141 e. The van der Waals surface area contributed by atoms with Gasteiger partial charge in [0.25, 0.3) is 0 Å². The normalized spacial score (nSPS) is 28.8. The first-order valence-corrected chi connectivity index (χ1v) is 5.42. The van der Waals surface area contributed by atoms with Crippen LogP contribution in [0.4, 0.5) is 0 Å². The molecule has 2 aliphatic heterocycles. The lowest BCUT2D eigenvalue weighted by Gasteiger charge is -2.33. The van der Waals surface area contributed by atoms with E-state index in [0.717, 1.165) is 50.8 Å². The van der Waals surface area contributed by atoms with Crippen molar-refractivity contribution in [2.45, 2.75) is 31.3 Å². The fourth-order valence-corrected chi connectivity index (χ4v) is 2.52. The van der Waals surface area contributed by atoms with Gasteiger partial charge < -0.3 is 10.1 Å². The number of carbonyl (C=O) groups excluding carboxylic acids is 1. The Morgan fingerprint density at radius 1 is 1.40 bits per heavy atom. The van der Waals surface area contributed by atoms with Crippen LogP contribution in [0, 0.1) is 0 Å². The predicted octanol–water partition coefficient (Wildman–Crippen LogP) is 0.990. The van der Waals surface area contributed by atoms with E-state index < -0.39 is 0 Å². The summed E-state index contributed by atoms with van der Waals surface area (Å²) < 4.78 is 0. The Morgan fingerprint density at radius 2 is 2.07 bits per heavy atom. The summed E-state index contributed by atoms with van der Waals surface area (Å²) in [6.07, 6.45) is 4.37. The fourth-order valence-electron chi connectivity index (χ4n) is 2.52. The Kier molecular flexibility index (Phi) is 4.77. The second kappa shape index (κ2) is 5.64. The standard InChI is InChI=1S/C11H18N2O.ClH/c1-9-4-7-13(11(9)8-14)10-2-5-12-6-3-10;/h8,10-12H,1-7H2;1H. The Balaban J connectivity index is 0.00000112. The van der Waals surface area contributed by atoms with Crippen LogP contribution in [0.5, 0.6) is 0 Å². The minimum atomic E-state index is -0.00176. The minimum absolute atomic E-state index is 0. The first kappa shape index (κ1) is 12.7. The second-order valence-electron chi connectivity index (χ2n) is 4.21. The Morgan fingerprint density at radius 3 is 2.67 bits per heavy atom. The Bertz CT molecular complexity index is 239. The Labute approximate surface area is 97.3 Å². The molecule has 0 amide bonds. The second-order valence-corrected chi connectivity index (χ2v) is 4.21. The number of hydrogen-bond donors (Lipinski definition) is 1. The molecular weight excluding hydrogens is 212 g/mol. The summed E-state index contributed by atoms with van der Waals surface area (Å²) >= 11 is 0. The summed E-state index contributed by atoms with van der Waals surface area (Å²) in [7, 11) is 0. The molecule has 2 saturated heterocycles. The number of nitrogens with zero attached hydrogens (tertiary/aromatic N) is 1. The van der Waals surface area contributed by atoms with Gasteiger partial charge in [0.05, 0.1) is 6.04 Å². The van der Waals surface area contributed by atoms with E-state index in [2.05, 4.69) is 16.8 Å². The lowest BCUT2D eigenvalue weighted by Crippen LogP contribution is -2.46. The van der Waals surface area contributed by atoms with E-state index in [9.17, 15) is 4.79 Å². The molecule has 1 atom stereocenters. The van der Waals surface area contributed by atoms with Gasteiger partial charge in [0.2, 0.25) is 0 Å². The molecule has 0 aromatic carbocycles. The molecule has 0 aromatic heterocycles. The third kappa shape index (κ3) is 2.60. The molecule has 1 unspecified atom stereocenters. The molecule has 15 heavy (non-hydrogen) atoms. The van der Waals surface area contributed by atoms with Crippen LogP contribution >= 0.6 is 12.4 Å². The average molecular weight is 231 g/mol. The average Bonchev–Trinajstić information content (AvgIpc) is 2.61. The van der Waals surface area contributed by atoms with Crippen LogP contribution < -0.4 is 5.32 Å². The fraction of sp³-hybridized carbons (Fsp3) is 0.727. The van der Waals surface area contributed by atoms with E-state index in [-0.39, 0.29) is 18.4 Å². The molecule has 3 nitrogen and oxygen atoms in total. The van der Waals surface area contributed by atoms with Crippen LogP contribution in [-0.4, -0.2) is 42.9 Å². The third-order valence-electron chi connectivity index (χ3n) is 3.37. The van der Waals surface area contributed by atoms with Gasteiger partial charge in [-0.05, 0) is 32.4 Å². The van der Waals surface area contributed by atoms with Crippen LogP contribution in [0.1, 0.15) is 19.3 Å². The first-order valence-electron chi connectivity index (χ1n) is 5.42. The molecule has 2 aliphatic rings. The van der Waals surface area contributed by atoms with Crippen molar-refractivity contribution in [2.75, 3.05) is 19.6 Å². The number of hydrogen-bond acceptors (Lipinski definition) is 3. The van der Waals surface area contributed by atoms with Crippen LogP contribution in [0.2, 0.25) is 0 Å². The number of halogens is 1. The molecule has 2 rings (SSSR count). The summed E-state index contributed by atoms with van der Waals surface area (Å²) in [6, 6.07) is 0.587. The van der Waals surface area contributed by atoms with Gasteiger partial charge in [0.15, 0.2) is 0 Å². The molecule has 0 saturated carbocycles. The van der Waals surface area contributed by atoms with Gasteiger partial charge in [-0.3, -0.25) is 4.90 Å². The summed E-state index contributed by atoms with van der Waals surface area (Å²) in [5.74, 6) is 0. The van der Waals surface area contributed by atoms with Gasteiger partial charge in [-0.15, -0.1) is 12.4 Å². The number of aldehydes is 1. The summed E-state index contributed by atoms with van der Waals surface area (Å²) in [5.41, 5.74) is 1.10. The highest BCUT2D eigenvalue weighted by Gasteiger charge is 2.33. The quantitative estimate of drug-likeness (QED) is 0.567. The number of carbonyl (C=O) groups is 1. The molecule has 0 radical (unpaired) electrons. The molecule has 0 spiro atoms. The SMILES string of the molecule is C=C1CCN(C2CCNCC2)C1C=O.Cl. The van der Waals surface area contributed by atoms with Crippen molar-refractivity contribution in [3.8, 4) is 0 Å². The molecule has 0 bridgehead atoms. The highest BCUT2D eigenvalue weighted by molar-refractivity contribution is 5.85. The van der Waals surface area contributed by atoms with Gasteiger partial charge in [0, 0.05) is 12.6 Å². The van der Waals surface area contributed by atoms with Crippen LogP contribution in [0.25, 0.3) is 0 Å². The molecule has 1 N–H and O–H groups in total. The van der Waals surface area contributed by atoms with Crippen molar-refractivity contribution in [1.29, 1.82) is 0 Å². The van der Waals surface area contributed by atoms with Crippen LogP contribution in [0.3, 0.4) is 0 Å². The summed E-state index contributed by atoms with van der Waals surface area (Å²) in [6.45, 7) is 7.15. The monoisotopic (exact) mass is 230 g/mol. The Hall–Kier alpha value is -0.380. The molecule has 4 heteroatoms. The highest BCUT2D eigenvalue weighted by atomic mass is 35.5. The predicted molar refractivity (Wildman–Crippen MR) is 63.5 cm³/mol. The van der Waals surface area contributed by atoms with Gasteiger partial charge in [-0.25, -0.2) is 0 Å². The molecular formula is C11H19ClN2O. The molecule has 2 heterocycles. The zero-order valence-corrected chi connectivity index (χ0v) is 9.76. The van der Waals surface area contributed by atoms with Crippen LogP contribution in [0.15, 0.2) is 12.2 Å². The van der Waals surface area contributed by atoms with Crippen molar-refractivity contribution in [2.24, 2.45) is 0 Å². The van der Waals surface area contributed by atoms with E-state index >= 15 is 0 Å². The van der Waals surface area contributed by atoms with Gasteiger partial charge >= 0.3 is 0 Å². The third-order valence-corrected chi connectivity index (χ3v) is 3.37. The van der Waals surface area contributed by atoms with Crippen molar-refractivity contribution < 1.29 is 4.79 Å². The van der Waals surface area contributed by atoms with E-state index in [1.807, 2.05) is 0 Å². The first-order chi connectivity index (χ1) is 6.83. The maximum absolute atomic E-state index is 11.0. The van der Waals surface area contributed by atoms with E-state index in [4.69, 9.17) is 0 Å². The number of nitrogens with one attached hydrogen (secondary N) is 1. The maximum atomic E-state index is 11.0. The van der Waals surface area contributed by atoms with E-state index in [1.165, 1.54) is 0 Å². The highest BCUT2D eigenvalue weighted by Crippen LogP contribution is 2.26. The van der Waals surface area contributed by atoms with Gasteiger partial charge in [-0.2, -0.15) is 0 Å². The van der Waals surface area contributed by atoms with Crippen LogP contribution in [-0.2, 0) is 4.79 Å². The van der Waals surface area contributed by atoms with Crippen molar-refractivity contribution >= 4 is 18.7 Å². The lowest BCUT2D eigenvalue weighted by molar-refractivity contribution is -0.111. The van der Waals surface area contributed by atoms with Crippen molar-refractivity contribution in [1.82, 2.24) is 10.2 Å². The molecule has 86 valence electrons. The smallest absolute Gasteiger partial charge is 0.141 e. The number of piperidine rings is 1. The molecule has 0 aromatic rings. The minimum Gasteiger partial charge on any atom is -0.317 e. The largest absolute Gasteiger partial charge is 0.317 e. The lowest BCUT2D eigenvalue weighted by atomic mass is 10.0. The number of rotatable bonds is 2. The van der Waals surface area contributed by atoms with E-state index in [1.54, 1.807) is 0 Å². The number of likely N-dealkylation sites (tertiary alicyclic amines) is 1. The zero-order chi connectivity index (χ0) is 9.97. The zero-order valence-electron chi connectivity index (χ0n) is 8.95. The molecule has 0 aliphatic carbocycles. The van der Waals surface area contributed by atoms with Crippen molar-refractivity contribution in [3.05, 3.63) is 12.2 Å². The van der Waals surface area contributed by atoms with E-state index in [0.29, 0.717) is 6.04 Å². The van der Waals surface area contributed by atoms with Gasteiger partial charge in [0.1, 0.15) is 6.29 Å². The topological polar surface area (TPSA) is 32.3 Å². The summed E-state index contributed by atoms with van der Waals surface area (Å²) in [4.78, 5) is 13.3.